The summed E-state index contributed by atoms with van der Waals surface area (Å²) in [5.41, 5.74) is 1.00. The fourth-order valence-corrected chi connectivity index (χ4v) is 1.15. The van der Waals surface area contributed by atoms with Gasteiger partial charge >= 0.3 is 0 Å². The van der Waals surface area contributed by atoms with E-state index in [2.05, 4.69) is 34.3 Å². The average molecular weight is 156 g/mol. The highest BCUT2D eigenvalue weighted by Crippen LogP contribution is 2.25. The van der Waals surface area contributed by atoms with Gasteiger partial charge in [0.25, 0.3) is 0 Å². The number of ether oxygens (including phenoxy) is 1. The molecule has 0 aromatic rings. The summed E-state index contributed by atoms with van der Waals surface area (Å²) in [5.74, 6) is 0.497. The van der Waals surface area contributed by atoms with E-state index in [4.69, 9.17) is 4.74 Å². The molecule has 0 heterocycles. The Hall–Kier alpha value is -0.300. The van der Waals surface area contributed by atoms with Crippen molar-refractivity contribution in [1.82, 2.24) is 0 Å². The van der Waals surface area contributed by atoms with Crippen LogP contribution in [0.25, 0.3) is 0 Å². The molecule has 1 nitrogen and oxygen atoms in total. The Morgan fingerprint density at radius 3 is 2.18 bits per heavy atom. The predicted molar refractivity (Wildman–Crippen MR) is 49.7 cm³/mol. The zero-order chi connectivity index (χ0) is 9.07. The van der Waals surface area contributed by atoms with Crippen molar-refractivity contribution in [1.29, 1.82) is 0 Å². The molecule has 0 rings (SSSR count). The Balaban J connectivity index is 4.17. The first-order valence-electron chi connectivity index (χ1n) is 4.25. The van der Waals surface area contributed by atoms with Crippen molar-refractivity contribution in [3.05, 3.63) is 12.2 Å². The third-order valence-corrected chi connectivity index (χ3v) is 1.98. The molecule has 11 heavy (non-hydrogen) atoms. The van der Waals surface area contributed by atoms with E-state index in [9.17, 15) is 0 Å². The van der Waals surface area contributed by atoms with Crippen LogP contribution in [0.2, 0.25) is 0 Å². The van der Waals surface area contributed by atoms with E-state index < -0.39 is 0 Å². The predicted octanol–water partition coefficient (Wildman–Crippen LogP) is 3.01. The molecule has 0 atom stereocenters. The molecule has 0 N–H and O–H groups in total. The van der Waals surface area contributed by atoms with E-state index in [0.29, 0.717) is 5.92 Å². The summed E-state index contributed by atoms with van der Waals surface area (Å²) in [6.45, 7) is 15.2. The smallest absolute Gasteiger partial charge is 0.0835 e. The first-order valence-corrected chi connectivity index (χ1v) is 4.25. The van der Waals surface area contributed by atoms with E-state index in [-0.39, 0.29) is 5.60 Å². The monoisotopic (exact) mass is 156 g/mol. The third kappa shape index (κ3) is 3.06. The summed E-state index contributed by atoms with van der Waals surface area (Å²) < 4.78 is 5.55. The lowest BCUT2D eigenvalue weighted by Crippen LogP contribution is -2.29. The zero-order valence-electron chi connectivity index (χ0n) is 8.40. The lowest BCUT2D eigenvalue weighted by molar-refractivity contribution is 0.0136. The molecule has 0 spiro atoms. The van der Waals surface area contributed by atoms with E-state index >= 15 is 0 Å². The molecule has 0 aromatic carbocycles. The summed E-state index contributed by atoms with van der Waals surface area (Å²) in [6.07, 6.45) is 0. The first kappa shape index (κ1) is 10.7. The third-order valence-electron chi connectivity index (χ3n) is 1.98. The van der Waals surface area contributed by atoms with Crippen LogP contribution in [0, 0.1) is 5.92 Å². The number of rotatable bonds is 4. The van der Waals surface area contributed by atoms with Crippen LogP contribution >= 0.6 is 0 Å². The van der Waals surface area contributed by atoms with Crippen LogP contribution in [-0.4, -0.2) is 12.2 Å². The van der Waals surface area contributed by atoms with Gasteiger partial charge in [0, 0.05) is 6.61 Å². The Morgan fingerprint density at radius 2 is 1.91 bits per heavy atom. The molecular weight excluding hydrogens is 136 g/mol. The number of hydrogen-bond donors (Lipinski definition) is 0. The van der Waals surface area contributed by atoms with Gasteiger partial charge in [-0.25, -0.2) is 0 Å². The van der Waals surface area contributed by atoms with Crippen molar-refractivity contribution >= 4 is 0 Å². The highest BCUT2D eigenvalue weighted by molar-refractivity contribution is 5.11. The summed E-state index contributed by atoms with van der Waals surface area (Å²) in [5, 5.41) is 0. The zero-order valence-corrected chi connectivity index (χ0v) is 8.40. The summed E-state index contributed by atoms with van der Waals surface area (Å²) >= 11 is 0. The minimum atomic E-state index is -0.164. The van der Waals surface area contributed by atoms with Crippen molar-refractivity contribution in [2.24, 2.45) is 5.92 Å². The highest BCUT2D eigenvalue weighted by Gasteiger charge is 2.23. The summed E-state index contributed by atoms with van der Waals surface area (Å²) in [7, 11) is 0. The Labute approximate surface area is 70.4 Å². The van der Waals surface area contributed by atoms with Gasteiger partial charge in [-0.05, 0) is 32.3 Å². The fourth-order valence-electron chi connectivity index (χ4n) is 1.15. The van der Waals surface area contributed by atoms with Crippen LogP contribution in [0.15, 0.2) is 12.2 Å². The van der Waals surface area contributed by atoms with Gasteiger partial charge in [-0.2, -0.15) is 0 Å². The molecule has 0 saturated carbocycles. The normalized spacial score (nSPS) is 12.2. The summed E-state index contributed by atoms with van der Waals surface area (Å²) in [4.78, 5) is 0. The molecule has 0 aromatic heterocycles. The molecule has 0 aliphatic carbocycles. The quantitative estimate of drug-likeness (QED) is 0.568. The Kier molecular flexibility index (Phi) is 3.81. The van der Waals surface area contributed by atoms with Crippen LogP contribution < -0.4 is 0 Å². The maximum absolute atomic E-state index is 5.55. The second-order valence-corrected chi connectivity index (χ2v) is 3.62. The van der Waals surface area contributed by atoms with Crippen LogP contribution in [0.3, 0.4) is 0 Å². The molecule has 0 unspecified atom stereocenters. The van der Waals surface area contributed by atoms with Gasteiger partial charge in [0.2, 0.25) is 0 Å². The van der Waals surface area contributed by atoms with Crippen LogP contribution in [0.4, 0.5) is 0 Å². The molecule has 0 bridgehead atoms. The number of hydrogen-bond acceptors (Lipinski definition) is 1. The molecule has 0 aliphatic heterocycles. The van der Waals surface area contributed by atoms with Gasteiger partial charge in [0.05, 0.1) is 5.60 Å². The van der Waals surface area contributed by atoms with E-state index in [1.54, 1.807) is 0 Å². The maximum atomic E-state index is 5.55. The largest absolute Gasteiger partial charge is 0.372 e. The van der Waals surface area contributed by atoms with Crippen LogP contribution in [0.1, 0.15) is 34.6 Å². The minimum Gasteiger partial charge on any atom is -0.372 e. The maximum Gasteiger partial charge on any atom is 0.0835 e. The Bertz CT molecular complexity index is 134. The lowest BCUT2D eigenvalue weighted by atomic mass is 9.90. The lowest BCUT2D eigenvalue weighted by Gasteiger charge is -2.29. The molecular formula is C10H20O. The molecule has 1 heteroatoms. The topological polar surface area (TPSA) is 9.23 Å². The molecule has 0 radical (unpaired) electrons. The van der Waals surface area contributed by atoms with Gasteiger partial charge < -0.3 is 4.74 Å². The van der Waals surface area contributed by atoms with E-state index in [1.165, 1.54) is 5.57 Å². The van der Waals surface area contributed by atoms with Crippen molar-refractivity contribution in [2.45, 2.75) is 40.2 Å². The molecule has 0 aliphatic rings. The first-order chi connectivity index (χ1) is 4.91. The molecule has 0 fully saturated rings. The van der Waals surface area contributed by atoms with Crippen molar-refractivity contribution < 1.29 is 4.74 Å². The van der Waals surface area contributed by atoms with Gasteiger partial charge in [-0.3, -0.25) is 0 Å². The van der Waals surface area contributed by atoms with Crippen LogP contribution in [0.5, 0.6) is 0 Å². The van der Waals surface area contributed by atoms with Gasteiger partial charge in [0.15, 0.2) is 0 Å². The average Bonchev–Trinajstić information content (AvgIpc) is 1.86. The van der Waals surface area contributed by atoms with Crippen molar-refractivity contribution in [3.63, 3.8) is 0 Å². The minimum absolute atomic E-state index is 0.164. The van der Waals surface area contributed by atoms with Gasteiger partial charge in [-0.1, -0.05) is 20.4 Å². The highest BCUT2D eigenvalue weighted by atomic mass is 16.5. The van der Waals surface area contributed by atoms with Crippen molar-refractivity contribution in [3.8, 4) is 0 Å². The van der Waals surface area contributed by atoms with Crippen molar-refractivity contribution in [2.75, 3.05) is 6.61 Å². The van der Waals surface area contributed by atoms with E-state index in [1.807, 2.05) is 6.92 Å². The second-order valence-electron chi connectivity index (χ2n) is 3.62. The molecule has 0 saturated heterocycles. The van der Waals surface area contributed by atoms with E-state index in [0.717, 1.165) is 6.61 Å². The fraction of sp³-hybridized carbons (Fsp3) is 0.800. The van der Waals surface area contributed by atoms with Gasteiger partial charge in [-0.15, -0.1) is 0 Å². The van der Waals surface area contributed by atoms with Gasteiger partial charge in [0.1, 0.15) is 0 Å². The molecule has 0 amide bonds. The van der Waals surface area contributed by atoms with Crippen LogP contribution in [-0.2, 0) is 4.74 Å². The SMILES string of the molecule is C=C(C(C)C)C(C)(C)OCC. The summed E-state index contributed by atoms with van der Waals surface area (Å²) in [6, 6.07) is 0. The molecule has 66 valence electrons. The standard InChI is InChI=1S/C10H20O/c1-7-11-10(5,6)9(4)8(2)3/h8H,4,7H2,1-3,5-6H3. The Morgan fingerprint density at radius 1 is 1.45 bits per heavy atom. The second kappa shape index (κ2) is 3.91.